The van der Waals surface area contributed by atoms with E-state index in [0.29, 0.717) is 37.5 Å². The Morgan fingerprint density at radius 1 is 1.15 bits per heavy atom. The molecule has 1 atom stereocenters. The van der Waals surface area contributed by atoms with Crippen molar-refractivity contribution in [2.24, 2.45) is 0 Å². The zero-order chi connectivity index (χ0) is 18.7. The van der Waals surface area contributed by atoms with Crippen LogP contribution >= 0.6 is 0 Å². The maximum atomic E-state index is 12.6. The molecule has 0 saturated carbocycles. The lowest BCUT2D eigenvalue weighted by atomic mass is 10.2. The van der Waals surface area contributed by atoms with Crippen molar-refractivity contribution in [3.05, 3.63) is 30.3 Å². The molecule has 2 aliphatic heterocycles. The molecule has 0 aliphatic carbocycles. The summed E-state index contributed by atoms with van der Waals surface area (Å²) in [6.07, 6.45) is 1.47. The van der Waals surface area contributed by atoms with E-state index in [9.17, 15) is 18.0 Å². The Bertz CT molecular complexity index is 760. The normalized spacial score (nSPS) is 22.7. The second kappa shape index (κ2) is 7.73. The molecule has 0 radical (unpaired) electrons. The summed E-state index contributed by atoms with van der Waals surface area (Å²) in [7, 11) is -3.49. The van der Waals surface area contributed by atoms with Crippen LogP contribution in [0.1, 0.15) is 19.8 Å². The minimum atomic E-state index is -3.49. The maximum absolute atomic E-state index is 12.6. The van der Waals surface area contributed by atoms with Gasteiger partial charge in [0, 0.05) is 0 Å². The molecule has 0 aromatic heterocycles. The van der Waals surface area contributed by atoms with E-state index in [2.05, 4.69) is 5.32 Å². The van der Waals surface area contributed by atoms with Gasteiger partial charge in [0.1, 0.15) is 6.04 Å². The monoisotopic (exact) mass is 381 g/mol. The zero-order valence-corrected chi connectivity index (χ0v) is 15.7. The number of carbonyl (C=O) groups excluding carboxylic acids is 2. The number of benzene rings is 1. The quantitative estimate of drug-likeness (QED) is 0.635. The molecule has 2 N–H and O–H groups in total. The van der Waals surface area contributed by atoms with Crippen LogP contribution in [0.3, 0.4) is 0 Å². The van der Waals surface area contributed by atoms with Gasteiger partial charge in [0.25, 0.3) is 5.91 Å². The van der Waals surface area contributed by atoms with Crippen molar-refractivity contribution in [1.29, 1.82) is 0 Å². The largest absolute Gasteiger partial charge is 0.329 e. The molecular weight excluding hydrogens is 356 g/mol. The molecule has 9 heteroatoms. The molecule has 2 aliphatic rings. The van der Waals surface area contributed by atoms with E-state index in [4.69, 9.17) is 0 Å². The summed E-state index contributed by atoms with van der Waals surface area (Å²) < 4.78 is 26.8. The third kappa shape index (κ3) is 3.74. The molecule has 0 unspecified atom stereocenters. The lowest BCUT2D eigenvalue weighted by Crippen LogP contribution is -3.16. The average Bonchev–Trinajstić information content (AvgIpc) is 2.91. The van der Waals surface area contributed by atoms with Crippen LogP contribution in [0.15, 0.2) is 35.2 Å². The summed E-state index contributed by atoms with van der Waals surface area (Å²) in [6, 6.07) is 7.61. The number of rotatable bonds is 6. The SMILES string of the molecule is CCC[C@H]1NC(=O)N(C[NH+]2CCN(S(=O)(=O)c3ccccc3)CC2)C1=O. The van der Waals surface area contributed by atoms with E-state index in [-0.39, 0.29) is 18.6 Å². The van der Waals surface area contributed by atoms with Crippen molar-refractivity contribution in [3.8, 4) is 0 Å². The number of amides is 3. The molecule has 26 heavy (non-hydrogen) atoms. The first-order valence-corrected chi connectivity index (χ1v) is 10.4. The molecule has 1 aromatic rings. The van der Waals surface area contributed by atoms with Crippen molar-refractivity contribution in [2.75, 3.05) is 32.8 Å². The van der Waals surface area contributed by atoms with Gasteiger partial charge >= 0.3 is 6.03 Å². The summed E-state index contributed by atoms with van der Waals surface area (Å²) in [5, 5.41) is 2.72. The molecule has 1 aromatic carbocycles. The number of imide groups is 1. The summed E-state index contributed by atoms with van der Waals surface area (Å²) >= 11 is 0. The van der Waals surface area contributed by atoms with Gasteiger partial charge in [-0.05, 0) is 18.6 Å². The standard InChI is InChI=1S/C17H24N4O4S/c1-2-6-15-16(22)21(17(23)18-15)13-19-9-11-20(12-10-19)26(24,25)14-7-4-3-5-8-14/h3-5,7-8,15H,2,6,9-13H2,1H3,(H,18,23)/p+1/t15-/m1/s1. The van der Waals surface area contributed by atoms with Crippen molar-refractivity contribution >= 4 is 22.0 Å². The van der Waals surface area contributed by atoms with Gasteiger partial charge in [-0.15, -0.1) is 0 Å². The number of urea groups is 1. The van der Waals surface area contributed by atoms with Crippen LogP contribution in [0.4, 0.5) is 4.79 Å². The van der Waals surface area contributed by atoms with E-state index in [1.165, 1.54) is 9.21 Å². The summed E-state index contributed by atoms with van der Waals surface area (Å²) in [5.41, 5.74) is 0. The first-order valence-electron chi connectivity index (χ1n) is 8.94. The fourth-order valence-corrected chi connectivity index (χ4v) is 4.84. The molecule has 0 bridgehead atoms. The van der Waals surface area contributed by atoms with Gasteiger partial charge < -0.3 is 10.2 Å². The topological polar surface area (TPSA) is 91.2 Å². The van der Waals surface area contributed by atoms with Crippen LogP contribution in [0, 0.1) is 0 Å². The van der Waals surface area contributed by atoms with Gasteiger partial charge in [-0.2, -0.15) is 4.31 Å². The Kier molecular flexibility index (Phi) is 5.59. The highest BCUT2D eigenvalue weighted by atomic mass is 32.2. The van der Waals surface area contributed by atoms with Crippen LogP contribution in [-0.2, 0) is 14.8 Å². The minimum absolute atomic E-state index is 0.177. The van der Waals surface area contributed by atoms with Crippen LogP contribution in [0.2, 0.25) is 0 Å². The third-order valence-corrected chi connectivity index (χ3v) is 6.79. The smallest absolute Gasteiger partial charge is 0.326 e. The molecule has 2 saturated heterocycles. The van der Waals surface area contributed by atoms with Crippen molar-refractivity contribution in [3.63, 3.8) is 0 Å². The second-order valence-electron chi connectivity index (χ2n) is 6.68. The van der Waals surface area contributed by atoms with E-state index in [1.807, 2.05) is 6.92 Å². The fourth-order valence-electron chi connectivity index (χ4n) is 3.38. The van der Waals surface area contributed by atoms with E-state index >= 15 is 0 Å². The molecule has 142 valence electrons. The van der Waals surface area contributed by atoms with Crippen LogP contribution in [0.25, 0.3) is 0 Å². The number of nitrogens with one attached hydrogen (secondary N) is 2. The number of carbonyl (C=O) groups is 2. The van der Waals surface area contributed by atoms with Crippen molar-refractivity contribution < 1.29 is 22.9 Å². The second-order valence-corrected chi connectivity index (χ2v) is 8.62. The van der Waals surface area contributed by atoms with Crippen molar-refractivity contribution in [2.45, 2.75) is 30.7 Å². The number of piperazine rings is 1. The highest BCUT2D eigenvalue weighted by Gasteiger charge is 2.40. The zero-order valence-electron chi connectivity index (χ0n) is 14.8. The van der Waals surface area contributed by atoms with Gasteiger partial charge in [0.05, 0.1) is 31.1 Å². The molecule has 0 spiro atoms. The molecular formula is C17H25N4O4S+. The lowest BCUT2D eigenvalue weighted by Gasteiger charge is -2.32. The van der Waals surface area contributed by atoms with Gasteiger partial charge in [-0.1, -0.05) is 31.5 Å². The van der Waals surface area contributed by atoms with Gasteiger partial charge in [0.15, 0.2) is 6.67 Å². The molecule has 3 amide bonds. The number of nitrogens with zero attached hydrogens (tertiary/aromatic N) is 2. The van der Waals surface area contributed by atoms with E-state index < -0.39 is 16.1 Å². The minimum Gasteiger partial charge on any atom is -0.326 e. The number of quaternary nitrogens is 1. The molecule has 2 heterocycles. The summed E-state index contributed by atoms with van der Waals surface area (Å²) in [5.74, 6) is -0.177. The molecule has 8 nitrogen and oxygen atoms in total. The van der Waals surface area contributed by atoms with Crippen molar-refractivity contribution in [1.82, 2.24) is 14.5 Å². The number of hydrogen-bond acceptors (Lipinski definition) is 4. The number of hydrogen-bond donors (Lipinski definition) is 2. The average molecular weight is 381 g/mol. The Labute approximate surface area is 153 Å². The highest BCUT2D eigenvalue weighted by Crippen LogP contribution is 2.15. The Hall–Kier alpha value is -1.97. The van der Waals surface area contributed by atoms with Crippen LogP contribution in [0.5, 0.6) is 0 Å². The van der Waals surface area contributed by atoms with Gasteiger partial charge in [-0.25, -0.2) is 18.1 Å². The molecule has 3 rings (SSSR count). The van der Waals surface area contributed by atoms with E-state index in [0.717, 1.165) is 11.3 Å². The van der Waals surface area contributed by atoms with Gasteiger partial charge in [-0.3, -0.25) is 4.79 Å². The predicted molar refractivity (Wildman–Crippen MR) is 94.8 cm³/mol. The predicted octanol–water partition coefficient (Wildman–Crippen LogP) is -0.746. The fraction of sp³-hybridized carbons (Fsp3) is 0.529. The summed E-state index contributed by atoms with van der Waals surface area (Å²) in [6.45, 7) is 4.11. The first-order chi connectivity index (χ1) is 12.4. The first kappa shape index (κ1) is 18.8. The maximum Gasteiger partial charge on any atom is 0.329 e. The van der Waals surface area contributed by atoms with E-state index in [1.54, 1.807) is 30.3 Å². The summed E-state index contributed by atoms with van der Waals surface area (Å²) in [4.78, 5) is 26.9. The Balaban J connectivity index is 1.58. The number of sulfonamides is 1. The van der Waals surface area contributed by atoms with Crippen LogP contribution in [-0.4, -0.2) is 68.5 Å². The molecule has 2 fully saturated rings. The lowest BCUT2D eigenvalue weighted by molar-refractivity contribution is -0.910. The van der Waals surface area contributed by atoms with Crippen LogP contribution < -0.4 is 10.2 Å². The Morgan fingerprint density at radius 2 is 1.81 bits per heavy atom. The Morgan fingerprint density at radius 3 is 2.42 bits per heavy atom. The van der Waals surface area contributed by atoms with Gasteiger partial charge in [0.2, 0.25) is 10.0 Å². The third-order valence-electron chi connectivity index (χ3n) is 4.88. The highest BCUT2D eigenvalue weighted by molar-refractivity contribution is 7.89.